The van der Waals surface area contributed by atoms with Crippen LogP contribution in [0.3, 0.4) is 0 Å². The molecule has 0 saturated carbocycles. The van der Waals surface area contributed by atoms with Crippen molar-refractivity contribution in [2.24, 2.45) is 0 Å². The predicted molar refractivity (Wildman–Crippen MR) is 114 cm³/mol. The summed E-state index contributed by atoms with van der Waals surface area (Å²) in [5.74, 6) is 1.55. The van der Waals surface area contributed by atoms with Crippen molar-refractivity contribution in [3.05, 3.63) is 71.4 Å². The average Bonchev–Trinajstić information content (AvgIpc) is 3.09. The van der Waals surface area contributed by atoms with E-state index in [1.807, 2.05) is 6.92 Å². The lowest BCUT2D eigenvalue weighted by molar-refractivity contribution is -0.138. The van der Waals surface area contributed by atoms with Crippen LogP contribution in [0.1, 0.15) is 22.9 Å². The summed E-state index contributed by atoms with van der Waals surface area (Å²) >= 11 is 0. The first-order valence-electron chi connectivity index (χ1n) is 9.81. The zero-order valence-electron chi connectivity index (χ0n) is 18.0. The second kappa shape index (κ2) is 10.3. The van der Waals surface area contributed by atoms with Gasteiger partial charge in [-0.25, -0.2) is 9.78 Å². The van der Waals surface area contributed by atoms with E-state index < -0.39 is 18.6 Å². The second-order valence-corrected chi connectivity index (χ2v) is 6.97. The number of ether oxygens (including phenoxy) is 3. The molecule has 0 fully saturated rings. The van der Waals surface area contributed by atoms with Crippen LogP contribution in [-0.2, 0) is 17.9 Å². The monoisotopic (exact) mass is 440 g/mol. The molecule has 3 rings (SSSR count). The third kappa shape index (κ3) is 6.24. The van der Waals surface area contributed by atoms with Crippen LogP contribution in [0.4, 0.5) is 4.79 Å². The largest absolute Gasteiger partial charge is 0.497 e. The van der Waals surface area contributed by atoms with Gasteiger partial charge in [0.1, 0.15) is 41.9 Å². The SMILES string of the molecule is COc1ccc(OC(=O)N(CC(=O)O)Cc2cccc(OCc3nc(C)oc3C)c2)cc1. The average molecular weight is 440 g/mol. The molecule has 9 heteroatoms. The Bertz CT molecular complexity index is 1080. The van der Waals surface area contributed by atoms with Gasteiger partial charge in [-0.2, -0.15) is 0 Å². The van der Waals surface area contributed by atoms with E-state index in [9.17, 15) is 14.7 Å². The molecule has 32 heavy (non-hydrogen) atoms. The fourth-order valence-electron chi connectivity index (χ4n) is 2.97. The van der Waals surface area contributed by atoms with Gasteiger partial charge in [0, 0.05) is 13.5 Å². The summed E-state index contributed by atoms with van der Waals surface area (Å²) < 4.78 is 21.6. The first-order valence-corrected chi connectivity index (χ1v) is 9.81. The van der Waals surface area contributed by atoms with Gasteiger partial charge >= 0.3 is 12.1 Å². The minimum absolute atomic E-state index is 0.0284. The number of aryl methyl sites for hydroxylation is 2. The van der Waals surface area contributed by atoms with Crippen molar-refractivity contribution in [3.8, 4) is 17.2 Å². The normalized spacial score (nSPS) is 10.5. The van der Waals surface area contributed by atoms with E-state index in [1.54, 1.807) is 55.5 Å². The van der Waals surface area contributed by atoms with Crippen molar-refractivity contribution in [1.29, 1.82) is 0 Å². The summed E-state index contributed by atoms with van der Waals surface area (Å²) in [5.41, 5.74) is 1.38. The van der Waals surface area contributed by atoms with E-state index in [0.29, 0.717) is 34.4 Å². The van der Waals surface area contributed by atoms with Crippen molar-refractivity contribution >= 4 is 12.1 Å². The number of hydrogen-bond acceptors (Lipinski definition) is 7. The van der Waals surface area contributed by atoms with Gasteiger partial charge in [0.25, 0.3) is 0 Å². The lowest BCUT2D eigenvalue weighted by atomic mass is 10.2. The Morgan fingerprint density at radius 1 is 1.06 bits per heavy atom. The molecule has 0 bridgehead atoms. The molecule has 1 heterocycles. The molecular formula is C23H24N2O7. The molecule has 9 nitrogen and oxygen atoms in total. The van der Waals surface area contributed by atoms with Crippen LogP contribution in [0.2, 0.25) is 0 Å². The van der Waals surface area contributed by atoms with Crippen molar-refractivity contribution in [3.63, 3.8) is 0 Å². The van der Waals surface area contributed by atoms with Crippen molar-refractivity contribution in [1.82, 2.24) is 9.88 Å². The number of carboxylic acid groups (broad SMARTS) is 1. The van der Waals surface area contributed by atoms with E-state index in [1.165, 1.54) is 7.11 Å². The molecule has 0 aliphatic heterocycles. The minimum atomic E-state index is -1.15. The maximum atomic E-state index is 12.6. The number of amides is 1. The Labute approximate surface area is 185 Å². The van der Waals surface area contributed by atoms with Crippen LogP contribution >= 0.6 is 0 Å². The molecule has 1 N–H and O–H groups in total. The van der Waals surface area contributed by atoms with Gasteiger partial charge in [-0.15, -0.1) is 0 Å². The van der Waals surface area contributed by atoms with E-state index in [0.717, 1.165) is 4.90 Å². The van der Waals surface area contributed by atoms with Gasteiger partial charge in [0.15, 0.2) is 5.89 Å². The number of aromatic nitrogens is 1. The topological polar surface area (TPSA) is 111 Å². The smallest absolute Gasteiger partial charge is 0.416 e. The summed E-state index contributed by atoms with van der Waals surface area (Å²) in [6.45, 7) is 3.32. The van der Waals surface area contributed by atoms with Crippen LogP contribution in [0.15, 0.2) is 52.9 Å². The van der Waals surface area contributed by atoms with Crippen LogP contribution in [0.5, 0.6) is 17.2 Å². The van der Waals surface area contributed by atoms with Crippen molar-refractivity contribution in [2.45, 2.75) is 27.0 Å². The molecule has 3 aromatic rings. The van der Waals surface area contributed by atoms with Crippen molar-refractivity contribution in [2.75, 3.05) is 13.7 Å². The number of carbonyl (C=O) groups excluding carboxylic acids is 1. The van der Waals surface area contributed by atoms with E-state index in [-0.39, 0.29) is 18.9 Å². The highest BCUT2D eigenvalue weighted by atomic mass is 16.6. The quantitative estimate of drug-likeness (QED) is 0.532. The first-order chi connectivity index (χ1) is 15.3. The third-order valence-corrected chi connectivity index (χ3v) is 4.50. The first kappa shape index (κ1) is 22.7. The zero-order valence-corrected chi connectivity index (χ0v) is 18.0. The molecule has 0 unspecified atom stereocenters. The predicted octanol–water partition coefficient (Wildman–Crippen LogP) is 3.96. The molecule has 0 atom stereocenters. The number of nitrogens with zero attached hydrogens (tertiary/aromatic N) is 2. The summed E-state index contributed by atoms with van der Waals surface area (Å²) in [4.78, 5) is 29.3. The van der Waals surface area contributed by atoms with Gasteiger partial charge in [0.05, 0.1) is 7.11 Å². The lowest BCUT2D eigenvalue weighted by Gasteiger charge is -2.20. The molecule has 0 radical (unpaired) electrons. The van der Waals surface area contributed by atoms with Gasteiger partial charge < -0.3 is 23.7 Å². The number of carbonyl (C=O) groups is 2. The number of rotatable bonds is 9. The highest BCUT2D eigenvalue weighted by Crippen LogP contribution is 2.20. The zero-order chi connectivity index (χ0) is 23.1. The van der Waals surface area contributed by atoms with Crippen LogP contribution in [0.25, 0.3) is 0 Å². The van der Waals surface area contributed by atoms with E-state index in [2.05, 4.69) is 4.98 Å². The van der Waals surface area contributed by atoms with Crippen LogP contribution in [-0.4, -0.2) is 40.7 Å². The minimum Gasteiger partial charge on any atom is -0.497 e. The summed E-state index contributed by atoms with van der Waals surface area (Å²) in [6, 6.07) is 13.5. The maximum Gasteiger partial charge on any atom is 0.416 e. The Morgan fingerprint density at radius 2 is 1.78 bits per heavy atom. The summed E-state index contributed by atoms with van der Waals surface area (Å²) in [6.07, 6.45) is -0.780. The number of methoxy groups -OCH3 is 1. The number of oxazole rings is 1. The van der Waals surface area contributed by atoms with E-state index in [4.69, 9.17) is 18.6 Å². The van der Waals surface area contributed by atoms with Crippen LogP contribution < -0.4 is 14.2 Å². The standard InChI is InChI=1S/C23H24N2O7/c1-15-21(24-16(2)31-15)14-30-20-6-4-5-17(11-20)12-25(13-22(26)27)23(28)32-19-9-7-18(29-3)8-10-19/h4-11H,12-14H2,1-3H3,(H,26,27). The van der Waals surface area contributed by atoms with Gasteiger partial charge in [0.2, 0.25) is 0 Å². The molecule has 0 spiro atoms. The number of hydrogen-bond donors (Lipinski definition) is 1. The Balaban J connectivity index is 1.67. The van der Waals surface area contributed by atoms with Gasteiger partial charge in [-0.3, -0.25) is 9.69 Å². The number of benzene rings is 2. The Kier molecular flexibility index (Phi) is 7.33. The second-order valence-electron chi connectivity index (χ2n) is 6.97. The Hall–Kier alpha value is -4.01. The number of carboxylic acids is 1. The fourth-order valence-corrected chi connectivity index (χ4v) is 2.97. The summed E-state index contributed by atoms with van der Waals surface area (Å²) in [7, 11) is 1.53. The van der Waals surface area contributed by atoms with Gasteiger partial charge in [-0.05, 0) is 48.9 Å². The highest BCUT2D eigenvalue weighted by molar-refractivity contribution is 5.78. The van der Waals surface area contributed by atoms with Crippen molar-refractivity contribution < 1.29 is 33.3 Å². The molecule has 0 saturated heterocycles. The molecule has 0 aliphatic rings. The molecule has 1 aromatic heterocycles. The lowest BCUT2D eigenvalue weighted by Crippen LogP contribution is -2.37. The van der Waals surface area contributed by atoms with Gasteiger partial charge in [-0.1, -0.05) is 12.1 Å². The summed E-state index contributed by atoms with van der Waals surface area (Å²) in [5, 5.41) is 9.23. The van der Waals surface area contributed by atoms with E-state index >= 15 is 0 Å². The third-order valence-electron chi connectivity index (χ3n) is 4.50. The van der Waals surface area contributed by atoms with Crippen LogP contribution in [0, 0.1) is 13.8 Å². The molecule has 168 valence electrons. The highest BCUT2D eigenvalue weighted by Gasteiger charge is 2.20. The number of aliphatic carboxylic acids is 1. The maximum absolute atomic E-state index is 12.6. The fraction of sp³-hybridized carbons (Fsp3) is 0.261. The molecule has 1 amide bonds. The molecule has 2 aromatic carbocycles. The molecule has 0 aliphatic carbocycles. The Morgan fingerprint density at radius 3 is 2.41 bits per heavy atom. The molecular weight excluding hydrogens is 416 g/mol.